The monoisotopic (exact) mass is 350 g/mol. The molecule has 8 nitrogen and oxygen atoms in total. The van der Waals surface area contributed by atoms with E-state index in [4.69, 9.17) is 0 Å². The van der Waals surface area contributed by atoms with E-state index in [-0.39, 0.29) is 10.8 Å². The van der Waals surface area contributed by atoms with E-state index in [0.29, 0.717) is 25.2 Å². The normalized spacial score (nSPS) is 21.4. The van der Waals surface area contributed by atoms with Crippen LogP contribution in [0.2, 0.25) is 0 Å². The minimum absolute atomic E-state index is 0.0735. The van der Waals surface area contributed by atoms with Crippen LogP contribution in [0.1, 0.15) is 18.5 Å². The highest BCUT2D eigenvalue weighted by Crippen LogP contribution is 2.25. The van der Waals surface area contributed by atoms with E-state index in [2.05, 4.69) is 10.2 Å². The largest absolute Gasteiger partial charge is 0.281 e. The van der Waals surface area contributed by atoms with Gasteiger partial charge in [-0.1, -0.05) is 0 Å². The molecule has 0 saturated carbocycles. The zero-order valence-electron chi connectivity index (χ0n) is 13.0. The van der Waals surface area contributed by atoms with Gasteiger partial charge in [-0.25, -0.2) is 8.42 Å². The van der Waals surface area contributed by atoms with Gasteiger partial charge in [-0.2, -0.15) is 22.1 Å². The molecular weight excluding hydrogens is 328 g/mol. The second-order valence-corrected chi connectivity index (χ2v) is 9.97. The second-order valence-electron chi connectivity index (χ2n) is 5.85. The molecule has 0 amide bonds. The lowest BCUT2D eigenvalue weighted by molar-refractivity contribution is 0.252. The third kappa shape index (κ3) is 3.67. The Labute approximate surface area is 131 Å². The van der Waals surface area contributed by atoms with Gasteiger partial charge < -0.3 is 0 Å². The van der Waals surface area contributed by atoms with Crippen molar-refractivity contribution in [2.75, 3.05) is 33.4 Å². The number of nitrogens with zero attached hydrogens (tertiary/aromatic N) is 3. The zero-order chi connectivity index (χ0) is 16.5. The number of nitrogens with one attached hydrogen (secondary N) is 1. The smallest absolute Gasteiger partial charge is 0.281 e. The summed E-state index contributed by atoms with van der Waals surface area (Å²) in [5, 5.41) is 6.53. The first kappa shape index (κ1) is 17.4. The number of hydrogen-bond donors (Lipinski definition) is 1. The number of H-pyrrole nitrogens is 1. The summed E-state index contributed by atoms with van der Waals surface area (Å²) in [7, 11) is -3.74. The lowest BCUT2D eigenvalue weighted by Crippen LogP contribution is -2.45. The van der Waals surface area contributed by atoms with E-state index in [1.807, 2.05) is 0 Å². The van der Waals surface area contributed by atoms with Crippen LogP contribution in [0.4, 0.5) is 0 Å². The van der Waals surface area contributed by atoms with Gasteiger partial charge in [-0.05, 0) is 25.2 Å². The number of sulfone groups is 1. The van der Waals surface area contributed by atoms with E-state index in [9.17, 15) is 16.8 Å². The van der Waals surface area contributed by atoms with Crippen LogP contribution in [0.5, 0.6) is 0 Å². The molecule has 1 atom stereocenters. The number of piperidine rings is 1. The SMILES string of the molecule is CN(C)S(=O)(=O)N1CCCC(Cc2[nH]ncc2S(C)(=O)=O)C1. The molecule has 1 N–H and O–H groups in total. The van der Waals surface area contributed by atoms with Gasteiger partial charge in [0.25, 0.3) is 10.2 Å². The van der Waals surface area contributed by atoms with Crippen molar-refractivity contribution in [3.63, 3.8) is 0 Å². The third-order valence-electron chi connectivity index (χ3n) is 3.84. The molecule has 1 unspecified atom stereocenters. The number of aromatic amines is 1. The van der Waals surface area contributed by atoms with Crippen molar-refractivity contribution in [1.82, 2.24) is 18.8 Å². The molecule has 1 aliphatic rings. The van der Waals surface area contributed by atoms with Crippen molar-refractivity contribution in [3.05, 3.63) is 11.9 Å². The highest BCUT2D eigenvalue weighted by atomic mass is 32.2. The molecular formula is C12H22N4O4S2. The summed E-state index contributed by atoms with van der Waals surface area (Å²) < 4.78 is 50.4. The van der Waals surface area contributed by atoms with Gasteiger partial charge in [0.2, 0.25) is 0 Å². The standard InChI is InChI=1S/C12H22N4O4S2/c1-15(2)22(19,20)16-6-4-5-10(9-16)7-11-12(8-13-14-11)21(3,17)18/h8,10H,4-7,9H2,1-3H3,(H,13,14). The Balaban J connectivity index is 2.14. The van der Waals surface area contributed by atoms with Crippen molar-refractivity contribution < 1.29 is 16.8 Å². The molecule has 1 aromatic heterocycles. The fourth-order valence-electron chi connectivity index (χ4n) is 2.69. The molecule has 1 saturated heterocycles. The Morgan fingerprint density at radius 1 is 1.36 bits per heavy atom. The Bertz CT molecular complexity index is 724. The van der Waals surface area contributed by atoms with Gasteiger partial charge in [0.1, 0.15) is 4.90 Å². The minimum atomic E-state index is -3.43. The summed E-state index contributed by atoms with van der Waals surface area (Å²) in [6.45, 7) is 0.891. The van der Waals surface area contributed by atoms with Crippen LogP contribution in [0.15, 0.2) is 11.1 Å². The van der Waals surface area contributed by atoms with Crippen LogP contribution < -0.4 is 0 Å². The van der Waals surface area contributed by atoms with Crippen molar-refractivity contribution in [3.8, 4) is 0 Å². The molecule has 0 spiro atoms. The van der Waals surface area contributed by atoms with Gasteiger partial charge in [0, 0.05) is 33.4 Å². The molecule has 2 rings (SSSR count). The van der Waals surface area contributed by atoms with Crippen molar-refractivity contribution >= 4 is 20.0 Å². The zero-order valence-corrected chi connectivity index (χ0v) is 14.6. The first-order valence-electron chi connectivity index (χ1n) is 7.02. The number of hydrogen-bond acceptors (Lipinski definition) is 5. The van der Waals surface area contributed by atoms with Crippen molar-refractivity contribution in [2.24, 2.45) is 5.92 Å². The predicted molar refractivity (Wildman–Crippen MR) is 82.3 cm³/mol. The van der Waals surface area contributed by atoms with E-state index in [0.717, 1.165) is 19.1 Å². The summed E-state index contributed by atoms with van der Waals surface area (Å²) in [5.41, 5.74) is 0.552. The summed E-state index contributed by atoms with van der Waals surface area (Å²) in [5.74, 6) is 0.0735. The topological polar surface area (TPSA) is 103 Å². The number of rotatable bonds is 5. The van der Waals surface area contributed by atoms with Crippen LogP contribution in [0.3, 0.4) is 0 Å². The average molecular weight is 350 g/mol. The molecule has 0 radical (unpaired) electrons. The summed E-state index contributed by atoms with van der Waals surface area (Å²) in [6.07, 6.45) is 4.55. The van der Waals surface area contributed by atoms with Crippen LogP contribution in [-0.4, -0.2) is 69.1 Å². The summed E-state index contributed by atoms with van der Waals surface area (Å²) >= 11 is 0. The molecule has 10 heteroatoms. The van der Waals surface area contributed by atoms with Gasteiger partial charge in [-0.15, -0.1) is 0 Å². The van der Waals surface area contributed by atoms with Crippen LogP contribution >= 0.6 is 0 Å². The molecule has 2 heterocycles. The maximum Gasteiger partial charge on any atom is 0.281 e. The lowest BCUT2D eigenvalue weighted by Gasteiger charge is -2.33. The fraction of sp³-hybridized carbons (Fsp3) is 0.750. The van der Waals surface area contributed by atoms with E-state index in [1.54, 1.807) is 0 Å². The molecule has 0 aromatic carbocycles. The van der Waals surface area contributed by atoms with E-state index in [1.165, 1.54) is 28.9 Å². The van der Waals surface area contributed by atoms with Crippen LogP contribution in [0.25, 0.3) is 0 Å². The van der Waals surface area contributed by atoms with Gasteiger partial charge in [-0.3, -0.25) is 5.10 Å². The fourth-order valence-corrected chi connectivity index (χ4v) is 4.73. The predicted octanol–water partition coefficient (Wildman–Crippen LogP) is -0.126. The summed E-state index contributed by atoms with van der Waals surface area (Å²) in [6, 6.07) is 0. The highest BCUT2D eigenvalue weighted by Gasteiger charge is 2.31. The Morgan fingerprint density at radius 2 is 2.05 bits per heavy atom. The quantitative estimate of drug-likeness (QED) is 0.797. The second kappa shape index (κ2) is 6.26. The summed E-state index contributed by atoms with van der Waals surface area (Å²) in [4.78, 5) is 0.195. The van der Waals surface area contributed by atoms with E-state index < -0.39 is 20.0 Å². The van der Waals surface area contributed by atoms with Crippen LogP contribution in [-0.2, 0) is 26.5 Å². The first-order valence-corrected chi connectivity index (χ1v) is 10.3. The molecule has 1 aromatic rings. The van der Waals surface area contributed by atoms with Crippen molar-refractivity contribution in [1.29, 1.82) is 0 Å². The number of aromatic nitrogens is 2. The minimum Gasteiger partial charge on any atom is -0.281 e. The van der Waals surface area contributed by atoms with Crippen molar-refractivity contribution in [2.45, 2.75) is 24.2 Å². The van der Waals surface area contributed by atoms with Gasteiger partial charge >= 0.3 is 0 Å². The van der Waals surface area contributed by atoms with Gasteiger partial charge in [0.15, 0.2) is 9.84 Å². The molecule has 126 valence electrons. The van der Waals surface area contributed by atoms with Crippen LogP contribution in [0, 0.1) is 5.92 Å². The Hall–Kier alpha value is -0.970. The molecule has 22 heavy (non-hydrogen) atoms. The Kier molecular flexibility index (Phi) is 4.95. The highest BCUT2D eigenvalue weighted by molar-refractivity contribution is 7.90. The maximum atomic E-state index is 12.2. The average Bonchev–Trinajstić information content (AvgIpc) is 2.87. The first-order chi connectivity index (χ1) is 10.1. The molecule has 0 aliphatic carbocycles. The molecule has 1 fully saturated rings. The van der Waals surface area contributed by atoms with Gasteiger partial charge in [0.05, 0.1) is 11.9 Å². The Morgan fingerprint density at radius 3 is 2.64 bits per heavy atom. The third-order valence-corrected chi connectivity index (χ3v) is 6.90. The molecule has 1 aliphatic heterocycles. The maximum absolute atomic E-state index is 12.2. The molecule has 0 bridgehead atoms. The lowest BCUT2D eigenvalue weighted by atomic mass is 9.95. The van der Waals surface area contributed by atoms with E-state index >= 15 is 0 Å².